The fourth-order valence-electron chi connectivity index (χ4n) is 5.23. The van der Waals surface area contributed by atoms with Crippen molar-refractivity contribution in [3.8, 4) is 0 Å². The van der Waals surface area contributed by atoms with Gasteiger partial charge in [-0.05, 0) is 44.7 Å². The fraction of sp³-hybridized carbons (Fsp3) is 0.542. The zero-order valence-corrected chi connectivity index (χ0v) is 23.5. The normalized spacial score (nSPS) is 23.1. The molecule has 0 aliphatic carbocycles. The van der Waals surface area contributed by atoms with Gasteiger partial charge in [0.2, 0.25) is 0 Å². The van der Waals surface area contributed by atoms with E-state index in [1.807, 2.05) is 11.6 Å². The van der Waals surface area contributed by atoms with E-state index in [2.05, 4.69) is 19.6 Å². The molecule has 0 unspecified atom stereocenters. The maximum Gasteiger partial charge on any atom is 0.332 e. The molecular weight excluding hydrogens is 550 g/mol. The Hall–Kier alpha value is -2.32. The molecule has 4 heterocycles. The number of nitrogens with two attached hydrogens (primary N) is 1. The average molecular weight is 582 g/mol. The van der Waals surface area contributed by atoms with Gasteiger partial charge in [0, 0.05) is 42.5 Å². The Bertz CT molecular complexity index is 1270. The van der Waals surface area contributed by atoms with Crippen LogP contribution in [-0.2, 0) is 14.9 Å². The number of hydrogen-bond acceptors (Lipinski definition) is 9. The van der Waals surface area contributed by atoms with Gasteiger partial charge in [0.25, 0.3) is 0 Å². The van der Waals surface area contributed by atoms with Gasteiger partial charge >= 0.3 is 16.2 Å². The average Bonchev–Trinajstić information content (AvgIpc) is 3.53. The molecule has 1 aromatic heterocycles. The second-order valence-electron chi connectivity index (χ2n) is 10.0. The van der Waals surface area contributed by atoms with E-state index in [4.69, 9.17) is 22.1 Å². The smallest absolute Gasteiger partial charge is 0.332 e. The van der Waals surface area contributed by atoms with Crippen molar-refractivity contribution in [1.29, 1.82) is 0 Å². The summed E-state index contributed by atoms with van der Waals surface area (Å²) in [6, 6.07) is 4.39. The Kier molecular flexibility index (Phi) is 7.92. The van der Waals surface area contributed by atoms with Gasteiger partial charge in [-0.2, -0.15) is 8.42 Å². The molecule has 206 valence electrons. The van der Waals surface area contributed by atoms with Crippen LogP contribution in [0.1, 0.15) is 32.6 Å². The molecule has 11 nitrogen and oxygen atoms in total. The summed E-state index contributed by atoms with van der Waals surface area (Å²) in [5.74, 6) is 0.797. The summed E-state index contributed by atoms with van der Waals surface area (Å²) in [5, 5.41) is 0.819. The summed E-state index contributed by atoms with van der Waals surface area (Å²) in [5.41, 5.74) is 6.63. The van der Waals surface area contributed by atoms with Gasteiger partial charge in [-0.3, -0.25) is 4.72 Å². The molecule has 2 amide bonds. The SMILES string of the molecule is C[C@@H]1OCC2(CCN(c3cnc(Sc4cccc(NS(=O)(=O)NC(=O)N5CCCC5)c4Cl)cn3)CC2)[C@@H]1N. The number of likely N-dealkylation sites (tertiary alicyclic amines) is 1. The van der Waals surface area contributed by atoms with E-state index in [0.29, 0.717) is 29.6 Å². The largest absolute Gasteiger partial charge is 0.376 e. The van der Waals surface area contributed by atoms with Gasteiger partial charge in [0.15, 0.2) is 0 Å². The minimum Gasteiger partial charge on any atom is -0.376 e. The van der Waals surface area contributed by atoms with Gasteiger partial charge in [-0.25, -0.2) is 19.5 Å². The molecule has 0 radical (unpaired) electrons. The maximum absolute atomic E-state index is 12.5. The van der Waals surface area contributed by atoms with E-state index >= 15 is 0 Å². The number of carbonyl (C=O) groups excluding carboxylic acids is 1. The molecule has 3 saturated heterocycles. The molecule has 14 heteroatoms. The number of aromatic nitrogens is 2. The third-order valence-corrected chi connectivity index (χ3v) is 10.0. The van der Waals surface area contributed by atoms with Crippen LogP contribution in [-0.4, -0.2) is 74.2 Å². The quantitative estimate of drug-likeness (QED) is 0.469. The van der Waals surface area contributed by atoms with E-state index in [1.165, 1.54) is 22.7 Å². The first-order valence-electron chi connectivity index (χ1n) is 12.7. The summed E-state index contributed by atoms with van der Waals surface area (Å²) >= 11 is 7.79. The number of anilines is 2. The van der Waals surface area contributed by atoms with Gasteiger partial charge < -0.3 is 20.3 Å². The zero-order valence-electron chi connectivity index (χ0n) is 21.1. The van der Waals surface area contributed by atoms with Crippen LogP contribution in [0, 0.1) is 5.41 Å². The number of hydrogen-bond donors (Lipinski definition) is 3. The van der Waals surface area contributed by atoms with Gasteiger partial charge in [-0.15, -0.1) is 0 Å². The summed E-state index contributed by atoms with van der Waals surface area (Å²) in [6.45, 7) is 5.51. The molecule has 1 aromatic carbocycles. The highest BCUT2D eigenvalue weighted by Gasteiger charge is 2.47. The monoisotopic (exact) mass is 581 g/mol. The number of amides is 2. The van der Waals surface area contributed by atoms with Crippen LogP contribution in [0.2, 0.25) is 5.02 Å². The standard InChI is InChI=1S/C24H32ClN7O4S2/c1-16-22(26)24(15-36-16)7-11-31(12-8-24)19-13-28-20(14-27-19)37-18-6-4-5-17(21(18)25)29-38(34,35)30-23(33)32-9-2-3-10-32/h4-6,13-14,16,22,29H,2-3,7-12,15,26H2,1H3,(H,30,33)/t16-,22+/m0/s1. The Morgan fingerprint density at radius 3 is 2.55 bits per heavy atom. The summed E-state index contributed by atoms with van der Waals surface area (Å²) in [4.78, 5) is 25.6. The van der Waals surface area contributed by atoms with Crippen LogP contribution in [0.5, 0.6) is 0 Å². The van der Waals surface area contributed by atoms with Crippen molar-refractivity contribution in [1.82, 2.24) is 19.6 Å². The number of rotatable bonds is 6. The predicted octanol–water partition coefficient (Wildman–Crippen LogP) is 3.08. The second-order valence-corrected chi connectivity index (χ2v) is 12.9. The number of halogens is 1. The molecule has 2 atom stereocenters. The van der Waals surface area contributed by atoms with E-state index in [-0.39, 0.29) is 28.3 Å². The lowest BCUT2D eigenvalue weighted by atomic mass is 9.73. The van der Waals surface area contributed by atoms with Crippen molar-refractivity contribution in [2.75, 3.05) is 42.4 Å². The third-order valence-electron chi connectivity index (χ3n) is 7.58. The van der Waals surface area contributed by atoms with Crippen molar-refractivity contribution < 1.29 is 17.9 Å². The number of piperidine rings is 1. The summed E-state index contributed by atoms with van der Waals surface area (Å²) < 4.78 is 35.2. The van der Waals surface area contributed by atoms with E-state index in [1.54, 1.807) is 24.5 Å². The van der Waals surface area contributed by atoms with Crippen LogP contribution in [0.3, 0.4) is 0 Å². The molecule has 5 rings (SSSR count). The van der Waals surface area contributed by atoms with Crippen LogP contribution < -0.4 is 20.1 Å². The molecule has 3 aliphatic heterocycles. The lowest BCUT2D eigenvalue weighted by Crippen LogP contribution is -2.50. The van der Waals surface area contributed by atoms with Gasteiger partial charge in [0.1, 0.15) is 10.8 Å². The van der Waals surface area contributed by atoms with Crippen LogP contribution >= 0.6 is 23.4 Å². The minimum atomic E-state index is -4.15. The van der Waals surface area contributed by atoms with Crippen LogP contribution in [0.4, 0.5) is 16.3 Å². The van der Waals surface area contributed by atoms with Crippen LogP contribution in [0.15, 0.2) is 40.5 Å². The summed E-state index contributed by atoms with van der Waals surface area (Å²) in [7, 11) is -4.15. The minimum absolute atomic E-state index is 0.0411. The number of ether oxygens (including phenoxy) is 1. The number of carbonyl (C=O) groups is 1. The van der Waals surface area contributed by atoms with E-state index in [9.17, 15) is 13.2 Å². The van der Waals surface area contributed by atoms with E-state index < -0.39 is 16.2 Å². The predicted molar refractivity (Wildman–Crippen MR) is 147 cm³/mol. The highest BCUT2D eigenvalue weighted by Crippen LogP contribution is 2.42. The topological polar surface area (TPSA) is 143 Å². The number of benzene rings is 1. The Morgan fingerprint density at radius 2 is 1.92 bits per heavy atom. The third kappa shape index (κ3) is 5.81. The van der Waals surface area contributed by atoms with Gasteiger partial charge in [-0.1, -0.05) is 29.4 Å². The fourth-order valence-corrected chi connectivity index (χ4v) is 7.23. The Balaban J connectivity index is 1.20. The summed E-state index contributed by atoms with van der Waals surface area (Å²) in [6.07, 6.45) is 7.13. The molecule has 0 saturated carbocycles. The molecule has 4 N–H and O–H groups in total. The van der Waals surface area contributed by atoms with Crippen molar-refractivity contribution >= 4 is 51.1 Å². The van der Waals surface area contributed by atoms with Crippen LogP contribution in [0.25, 0.3) is 0 Å². The Morgan fingerprint density at radius 1 is 1.18 bits per heavy atom. The molecule has 2 aromatic rings. The first-order chi connectivity index (χ1) is 18.2. The van der Waals surface area contributed by atoms with Crippen molar-refractivity contribution in [3.63, 3.8) is 0 Å². The zero-order chi connectivity index (χ0) is 26.9. The first kappa shape index (κ1) is 27.3. The molecular formula is C24H32ClN7O4S2. The maximum atomic E-state index is 12.5. The highest BCUT2D eigenvalue weighted by molar-refractivity contribution is 7.99. The second kappa shape index (κ2) is 11.0. The van der Waals surface area contributed by atoms with Crippen molar-refractivity contribution in [3.05, 3.63) is 35.6 Å². The first-order valence-corrected chi connectivity index (χ1v) is 15.3. The van der Waals surface area contributed by atoms with E-state index in [0.717, 1.165) is 44.6 Å². The molecule has 38 heavy (non-hydrogen) atoms. The lowest BCUT2D eigenvalue weighted by Gasteiger charge is -2.41. The van der Waals surface area contributed by atoms with Crippen molar-refractivity contribution in [2.45, 2.75) is 54.7 Å². The molecule has 3 fully saturated rings. The highest BCUT2D eigenvalue weighted by atomic mass is 35.5. The lowest BCUT2D eigenvalue weighted by molar-refractivity contribution is 0.0974. The molecule has 0 bridgehead atoms. The molecule has 3 aliphatic rings. The Labute approximate surface area is 232 Å². The number of nitrogens with one attached hydrogen (secondary N) is 2. The number of nitrogens with zero attached hydrogens (tertiary/aromatic N) is 4. The molecule has 1 spiro atoms. The van der Waals surface area contributed by atoms with Gasteiger partial charge in [0.05, 0.1) is 35.8 Å². The van der Waals surface area contributed by atoms with Crippen molar-refractivity contribution in [2.24, 2.45) is 11.1 Å². The number of urea groups is 1.